The summed E-state index contributed by atoms with van der Waals surface area (Å²) in [5.74, 6) is -1.17. The van der Waals surface area contributed by atoms with Crippen LogP contribution in [0.5, 0.6) is 0 Å². The van der Waals surface area contributed by atoms with E-state index in [9.17, 15) is 14.7 Å². The molecule has 1 heterocycles. The zero-order chi connectivity index (χ0) is 24.8. The highest BCUT2D eigenvalue weighted by Gasteiger charge is 2.49. The first-order chi connectivity index (χ1) is 16.1. The number of amides is 1. The van der Waals surface area contributed by atoms with Crippen molar-refractivity contribution in [1.29, 1.82) is 0 Å². The average Bonchev–Trinajstić information content (AvgIpc) is 3.56. The van der Waals surface area contributed by atoms with Gasteiger partial charge in [0.25, 0.3) is 0 Å². The maximum absolute atomic E-state index is 12.0. The third kappa shape index (κ3) is 7.59. The number of benzene rings is 2. The summed E-state index contributed by atoms with van der Waals surface area (Å²) in [7, 11) is 0. The standard InChI is InChI=1S/C15H17N.C13H21NO4/c1-13(15-10-6-3-7-11-15)16-12-14-8-4-2-5-9-14;1-12(2,3)18-11(17)14-7-6-13(4-5-13)8-9(14)10(15)16/h2-11,13,16H,12H2,1H3;9H,4-8H2,1-3H3,(H,15,16)/t13-;/m1./s1. The Morgan fingerprint density at radius 2 is 1.65 bits per heavy atom. The van der Waals surface area contributed by atoms with Gasteiger partial charge in [-0.15, -0.1) is 0 Å². The Balaban J connectivity index is 0.000000192. The van der Waals surface area contributed by atoms with Crippen molar-refractivity contribution in [2.24, 2.45) is 5.41 Å². The summed E-state index contributed by atoms with van der Waals surface area (Å²) < 4.78 is 5.24. The molecule has 34 heavy (non-hydrogen) atoms. The summed E-state index contributed by atoms with van der Waals surface area (Å²) in [4.78, 5) is 24.5. The molecule has 1 aliphatic carbocycles. The fourth-order valence-corrected chi connectivity index (χ4v) is 4.34. The van der Waals surface area contributed by atoms with Gasteiger partial charge in [-0.25, -0.2) is 4.79 Å². The molecular formula is C28H38N2O4. The van der Waals surface area contributed by atoms with E-state index in [1.54, 1.807) is 20.8 Å². The van der Waals surface area contributed by atoms with Crippen LogP contribution < -0.4 is 10.4 Å². The van der Waals surface area contributed by atoms with Gasteiger partial charge in [-0.05, 0) is 58.8 Å². The number of piperidine rings is 1. The number of ether oxygens (including phenoxy) is 1. The number of hydrogen-bond acceptors (Lipinski definition) is 4. The predicted molar refractivity (Wildman–Crippen MR) is 130 cm³/mol. The molecule has 2 atom stereocenters. The van der Waals surface area contributed by atoms with Crippen molar-refractivity contribution in [3.05, 3.63) is 71.8 Å². The second kappa shape index (κ2) is 11.0. The van der Waals surface area contributed by atoms with Crippen LogP contribution in [0, 0.1) is 5.41 Å². The SMILES string of the molecule is CC(C)(C)OC(=O)N1CCC2(CC2)CC1C(=O)[O-].C[C@@H]([NH2+]Cc1ccccc1)c1ccccc1. The third-order valence-corrected chi connectivity index (χ3v) is 6.62. The quantitative estimate of drug-likeness (QED) is 0.732. The molecule has 2 aromatic rings. The predicted octanol–water partition coefficient (Wildman–Crippen LogP) is 3.43. The average molecular weight is 467 g/mol. The molecule has 1 unspecified atom stereocenters. The van der Waals surface area contributed by atoms with Crippen LogP contribution in [-0.2, 0) is 16.1 Å². The second-order valence-corrected chi connectivity index (χ2v) is 10.6. The molecule has 4 rings (SSSR count). The van der Waals surface area contributed by atoms with Gasteiger partial charge in [-0.1, -0.05) is 60.7 Å². The number of carboxylic acid groups (broad SMARTS) is 1. The topological polar surface area (TPSA) is 86.3 Å². The van der Waals surface area contributed by atoms with Gasteiger partial charge in [0.1, 0.15) is 18.2 Å². The summed E-state index contributed by atoms with van der Waals surface area (Å²) in [6, 6.07) is 20.9. The molecule has 2 aromatic carbocycles. The highest BCUT2D eigenvalue weighted by molar-refractivity contribution is 5.79. The lowest BCUT2D eigenvalue weighted by molar-refractivity contribution is -0.707. The van der Waals surface area contributed by atoms with Gasteiger partial charge in [0.05, 0.1) is 12.0 Å². The van der Waals surface area contributed by atoms with Gasteiger partial charge in [0.2, 0.25) is 0 Å². The van der Waals surface area contributed by atoms with E-state index in [4.69, 9.17) is 4.74 Å². The van der Waals surface area contributed by atoms with E-state index < -0.39 is 23.7 Å². The van der Waals surface area contributed by atoms with Crippen LogP contribution in [-0.4, -0.2) is 35.2 Å². The molecule has 1 amide bonds. The monoisotopic (exact) mass is 466 g/mol. The van der Waals surface area contributed by atoms with Crippen molar-refractivity contribution < 1.29 is 24.7 Å². The van der Waals surface area contributed by atoms with Gasteiger partial charge < -0.3 is 20.0 Å². The molecule has 2 N–H and O–H groups in total. The highest BCUT2D eigenvalue weighted by Crippen LogP contribution is 2.55. The van der Waals surface area contributed by atoms with E-state index in [-0.39, 0.29) is 5.41 Å². The Hall–Kier alpha value is -2.86. The Morgan fingerprint density at radius 3 is 2.18 bits per heavy atom. The van der Waals surface area contributed by atoms with Crippen molar-refractivity contribution in [2.45, 2.75) is 77.6 Å². The van der Waals surface area contributed by atoms with E-state index in [0.29, 0.717) is 19.0 Å². The fraction of sp³-hybridized carbons (Fsp3) is 0.500. The van der Waals surface area contributed by atoms with Crippen LogP contribution in [0.25, 0.3) is 0 Å². The molecule has 1 saturated carbocycles. The van der Waals surface area contributed by atoms with E-state index in [0.717, 1.165) is 25.8 Å². The van der Waals surface area contributed by atoms with Gasteiger partial charge in [0, 0.05) is 17.7 Å². The third-order valence-electron chi connectivity index (χ3n) is 6.62. The van der Waals surface area contributed by atoms with E-state index in [1.807, 2.05) is 0 Å². The number of aliphatic carboxylic acids is 1. The molecule has 6 heteroatoms. The van der Waals surface area contributed by atoms with Crippen molar-refractivity contribution in [1.82, 2.24) is 4.90 Å². The minimum absolute atomic E-state index is 0.156. The van der Waals surface area contributed by atoms with Crippen molar-refractivity contribution in [3.63, 3.8) is 0 Å². The van der Waals surface area contributed by atoms with Crippen LogP contribution in [0.15, 0.2) is 60.7 Å². The molecule has 0 aromatic heterocycles. The van der Waals surface area contributed by atoms with Gasteiger partial charge in [0.15, 0.2) is 0 Å². The number of carboxylic acids is 1. The summed E-state index contributed by atoms with van der Waals surface area (Å²) in [6.45, 7) is 9.05. The molecule has 1 saturated heterocycles. The van der Waals surface area contributed by atoms with Crippen LogP contribution >= 0.6 is 0 Å². The van der Waals surface area contributed by atoms with E-state index in [1.165, 1.54) is 16.0 Å². The lowest BCUT2D eigenvalue weighted by Crippen LogP contribution is -2.83. The first kappa shape index (κ1) is 25.8. The van der Waals surface area contributed by atoms with E-state index >= 15 is 0 Å². The minimum Gasteiger partial charge on any atom is -0.548 e. The Bertz CT molecular complexity index is 936. The molecule has 184 valence electrons. The van der Waals surface area contributed by atoms with Gasteiger partial charge in [-0.2, -0.15) is 0 Å². The van der Waals surface area contributed by atoms with Gasteiger partial charge >= 0.3 is 6.09 Å². The van der Waals surface area contributed by atoms with Crippen LogP contribution in [0.3, 0.4) is 0 Å². The van der Waals surface area contributed by atoms with Crippen LogP contribution in [0.1, 0.15) is 70.5 Å². The molecule has 0 bridgehead atoms. The largest absolute Gasteiger partial charge is 0.548 e. The van der Waals surface area contributed by atoms with Gasteiger partial charge in [-0.3, -0.25) is 4.90 Å². The van der Waals surface area contributed by atoms with Crippen molar-refractivity contribution >= 4 is 12.1 Å². The fourth-order valence-electron chi connectivity index (χ4n) is 4.34. The summed E-state index contributed by atoms with van der Waals surface area (Å²) in [6.07, 6.45) is 2.97. The maximum atomic E-state index is 12.0. The molecule has 1 aliphatic heterocycles. The van der Waals surface area contributed by atoms with Crippen molar-refractivity contribution in [2.75, 3.05) is 6.54 Å². The number of hydrogen-bond donors (Lipinski definition) is 1. The number of likely N-dealkylation sites (tertiary alicyclic amines) is 1. The Kier molecular flexibility index (Phi) is 8.37. The molecule has 2 fully saturated rings. The summed E-state index contributed by atoms with van der Waals surface area (Å²) in [5, 5.41) is 13.6. The number of nitrogens with two attached hydrogens (primary N) is 1. The molecule has 1 spiro atoms. The highest BCUT2D eigenvalue weighted by atomic mass is 16.6. The lowest BCUT2D eigenvalue weighted by atomic mass is 9.88. The number of rotatable bonds is 5. The number of carbonyl (C=O) groups is 2. The van der Waals surface area contributed by atoms with E-state index in [2.05, 4.69) is 72.9 Å². The molecule has 2 aliphatic rings. The lowest BCUT2D eigenvalue weighted by Gasteiger charge is -2.40. The van der Waals surface area contributed by atoms with Crippen LogP contribution in [0.4, 0.5) is 4.79 Å². The zero-order valence-corrected chi connectivity index (χ0v) is 20.8. The summed E-state index contributed by atoms with van der Waals surface area (Å²) >= 11 is 0. The smallest absolute Gasteiger partial charge is 0.410 e. The molecular weight excluding hydrogens is 428 g/mol. The first-order valence-corrected chi connectivity index (χ1v) is 12.2. The number of quaternary nitrogens is 1. The molecule has 0 radical (unpaired) electrons. The second-order valence-electron chi connectivity index (χ2n) is 10.6. The maximum Gasteiger partial charge on any atom is 0.410 e. The Morgan fingerprint density at radius 1 is 1.06 bits per heavy atom. The minimum atomic E-state index is -1.17. The Labute approximate surface area is 203 Å². The zero-order valence-electron chi connectivity index (χ0n) is 20.8. The number of nitrogens with zero attached hydrogens (tertiary/aromatic N) is 1. The molecule has 6 nitrogen and oxygen atoms in total. The van der Waals surface area contributed by atoms with Crippen molar-refractivity contribution in [3.8, 4) is 0 Å². The number of carbonyl (C=O) groups excluding carboxylic acids is 2. The van der Waals surface area contributed by atoms with Crippen LogP contribution in [0.2, 0.25) is 0 Å². The first-order valence-electron chi connectivity index (χ1n) is 12.2. The normalized spacial score (nSPS) is 19.5. The summed E-state index contributed by atoms with van der Waals surface area (Å²) in [5.41, 5.74) is 2.31.